The highest BCUT2D eigenvalue weighted by Crippen LogP contribution is 2.09. The average Bonchev–Trinajstić information content (AvgIpc) is 2.60. The molecule has 134 valence electrons. The number of carbonyl (C=O) groups is 1. The normalized spacial score (nSPS) is 11.0. The molecule has 0 amide bonds. The SMILES string of the molecule is CCCC/C=C\CCCCCCCC(=O)OCCc1ccccc1. The molecule has 0 radical (unpaired) electrons. The Labute approximate surface area is 148 Å². The van der Waals surface area contributed by atoms with Crippen molar-refractivity contribution in [2.75, 3.05) is 6.61 Å². The lowest BCUT2D eigenvalue weighted by Crippen LogP contribution is -2.07. The molecule has 1 aromatic carbocycles. The smallest absolute Gasteiger partial charge is 0.305 e. The van der Waals surface area contributed by atoms with Crippen molar-refractivity contribution in [3.05, 3.63) is 48.0 Å². The number of hydrogen-bond acceptors (Lipinski definition) is 2. The Morgan fingerprint density at radius 1 is 0.917 bits per heavy atom. The molecule has 0 aliphatic carbocycles. The van der Waals surface area contributed by atoms with Gasteiger partial charge in [-0.05, 0) is 31.2 Å². The first-order chi connectivity index (χ1) is 11.8. The minimum absolute atomic E-state index is 0.0511. The first kappa shape index (κ1) is 20.5. The Kier molecular flexibility index (Phi) is 12.8. The van der Waals surface area contributed by atoms with E-state index in [0.29, 0.717) is 13.0 Å². The third kappa shape index (κ3) is 11.9. The summed E-state index contributed by atoms with van der Waals surface area (Å²) in [5.74, 6) is -0.0511. The van der Waals surface area contributed by atoms with E-state index in [9.17, 15) is 4.79 Å². The maximum absolute atomic E-state index is 11.7. The third-order valence-corrected chi connectivity index (χ3v) is 4.14. The van der Waals surface area contributed by atoms with Gasteiger partial charge in [0.15, 0.2) is 0 Å². The van der Waals surface area contributed by atoms with Gasteiger partial charge in [-0.1, -0.05) is 81.5 Å². The van der Waals surface area contributed by atoms with Gasteiger partial charge in [-0.25, -0.2) is 0 Å². The Bertz CT molecular complexity index is 437. The molecule has 0 heterocycles. The van der Waals surface area contributed by atoms with Crippen molar-refractivity contribution in [1.82, 2.24) is 0 Å². The lowest BCUT2D eigenvalue weighted by molar-refractivity contribution is -0.143. The van der Waals surface area contributed by atoms with Crippen LogP contribution >= 0.6 is 0 Å². The first-order valence-corrected chi connectivity index (χ1v) is 9.67. The summed E-state index contributed by atoms with van der Waals surface area (Å²) in [5.41, 5.74) is 1.22. The zero-order valence-electron chi connectivity index (χ0n) is 15.3. The number of ether oxygens (including phenoxy) is 1. The van der Waals surface area contributed by atoms with Crippen LogP contribution in [0, 0.1) is 0 Å². The van der Waals surface area contributed by atoms with Crippen LogP contribution in [0.1, 0.15) is 76.7 Å². The topological polar surface area (TPSA) is 26.3 Å². The zero-order valence-corrected chi connectivity index (χ0v) is 15.3. The van der Waals surface area contributed by atoms with E-state index in [1.54, 1.807) is 0 Å². The van der Waals surface area contributed by atoms with Gasteiger partial charge in [0.05, 0.1) is 6.61 Å². The third-order valence-electron chi connectivity index (χ3n) is 4.14. The molecule has 2 nitrogen and oxygen atoms in total. The van der Waals surface area contributed by atoms with Crippen LogP contribution in [0.25, 0.3) is 0 Å². The molecule has 0 aliphatic rings. The summed E-state index contributed by atoms with van der Waals surface area (Å²) < 4.78 is 5.29. The summed E-state index contributed by atoms with van der Waals surface area (Å²) >= 11 is 0. The molecular weight excluding hydrogens is 296 g/mol. The van der Waals surface area contributed by atoms with Crippen LogP contribution in [-0.2, 0) is 16.0 Å². The average molecular weight is 331 g/mol. The largest absolute Gasteiger partial charge is 0.465 e. The van der Waals surface area contributed by atoms with Crippen LogP contribution in [0.15, 0.2) is 42.5 Å². The number of carbonyl (C=O) groups excluding carboxylic acids is 1. The highest BCUT2D eigenvalue weighted by molar-refractivity contribution is 5.69. The Morgan fingerprint density at radius 3 is 2.33 bits per heavy atom. The van der Waals surface area contributed by atoms with Gasteiger partial charge in [0.2, 0.25) is 0 Å². The molecule has 0 spiro atoms. The lowest BCUT2D eigenvalue weighted by Gasteiger charge is -2.05. The van der Waals surface area contributed by atoms with Gasteiger partial charge in [0.1, 0.15) is 0 Å². The molecule has 0 unspecified atom stereocenters. The predicted octanol–water partition coefficient (Wildman–Crippen LogP) is 6.25. The van der Waals surface area contributed by atoms with Crippen molar-refractivity contribution in [2.24, 2.45) is 0 Å². The van der Waals surface area contributed by atoms with E-state index in [2.05, 4.69) is 31.2 Å². The van der Waals surface area contributed by atoms with Crippen LogP contribution in [0.5, 0.6) is 0 Å². The monoisotopic (exact) mass is 330 g/mol. The Balaban J connectivity index is 1.86. The van der Waals surface area contributed by atoms with E-state index < -0.39 is 0 Å². The van der Waals surface area contributed by atoms with Crippen molar-refractivity contribution in [3.63, 3.8) is 0 Å². The van der Waals surface area contributed by atoms with E-state index >= 15 is 0 Å². The first-order valence-electron chi connectivity index (χ1n) is 9.67. The van der Waals surface area contributed by atoms with E-state index in [-0.39, 0.29) is 5.97 Å². The predicted molar refractivity (Wildman–Crippen MR) is 102 cm³/mol. The molecule has 2 heteroatoms. The molecule has 0 saturated heterocycles. The van der Waals surface area contributed by atoms with Crippen LogP contribution in [-0.4, -0.2) is 12.6 Å². The summed E-state index contributed by atoms with van der Waals surface area (Å²) in [6, 6.07) is 10.1. The fourth-order valence-corrected chi connectivity index (χ4v) is 2.62. The molecule has 0 aliphatic heterocycles. The minimum Gasteiger partial charge on any atom is -0.465 e. The standard InChI is InChI=1S/C22H34O2/c1-2-3-4-5-6-7-8-9-10-11-15-18-22(23)24-20-19-21-16-13-12-14-17-21/h5-6,12-14,16-17H,2-4,7-11,15,18-20H2,1H3/b6-5-. The molecule has 1 rings (SSSR count). The summed E-state index contributed by atoms with van der Waals surface area (Å²) in [7, 11) is 0. The Morgan fingerprint density at radius 2 is 1.58 bits per heavy atom. The van der Waals surface area contributed by atoms with E-state index in [0.717, 1.165) is 19.3 Å². The molecule has 0 N–H and O–H groups in total. The van der Waals surface area contributed by atoms with Gasteiger partial charge in [-0.2, -0.15) is 0 Å². The number of rotatable bonds is 14. The van der Waals surface area contributed by atoms with Gasteiger partial charge in [0.25, 0.3) is 0 Å². The van der Waals surface area contributed by atoms with Crippen molar-refractivity contribution in [2.45, 2.75) is 77.6 Å². The number of esters is 1. The van der Waals surface area contributed by atoms with E-state index in [1.807, 2.05) is 18.2 Å². The molecule has 0 atom stereocenters. The van der Waals surface area contributed by atoms with E-state index in [4.69, 9.17) is 4.74 Å². The zero-order chi connectivity index (χ0) is 17.3. The van der Waals surface area contributed by atoms with Gasteiger partial charge < -0.3 is 4.74 Å². The molecular formula is C22H34O2. The second-order valence-corrected chi connectivity index (χ2v) is 6.38. The van der Waals surface area contributed by atoms with Gasteiger partial charge in [0, 0.05) is 12.8 Å². The highest BCUT2D eigenvalue weighted by atomic mass is 16.5. The Hall–Kier alpha value is -1.57. The number of hydrogen-bond donors (Lipinski definition) is 0. The molecule has 0 saturated carbocycles. The quantitative estimate of drug-likeness (QED) is 0.229. The number of benzene rings is 1. The summed E-state index contributed by atoms with van der Waals surface area (Å²) in [6.45, 7) is 2.72. The van der Waals surface area contributed by atoms with Crippen LogP contribution < -0.4 is 0 Å². The molecule has 0 fully saturated rings. The van der Waals surface area contributed by atoms with E-state index in [1.165, 1.54) is 50.5 Å². The molecule has 0 bridgehead atoms. The van der Waals surface area contributed by atoms with Crippen molar-refractivity contribution < 1.29 is 9.53 Å². The van der Waals surface area contributed by atoms with Crippen molar-refractivity contribution in [1.29, 1.82) is 0 Å². The van der Waals surface area contributed by atoms with Gasteiger partial charge in [-0.3, -0.25) is 4.79 Å². The minimum atomic E-state index is -0.0511. The van der Waals surface area contributed by atoms with Gasteiger partial charge in [-0.15, -0.1) is 0 Å². The fourth-order valence-electron chi connectivity index (χ4n) is 2.62. The molecule has 0 aromatic heterocycles. The van der Waals surface area contributed by atoms with Crippen LogP contribution in [0.2, 0.25) is 0 Å². The number of unbranched alkanes of at least 4 members (excludes halogenated alkanes) is 7. The van der Waals surface area contributed by atoms with Crippen molar-refractivity contribution in [3.8, 4) is 0 Å². The molecule has 24 heavy (non-hydrogen) atoms. The second-order valence-electron chi connectivity index (χ2n) is 6.38. The summed E-state index contributed by atoms with van der Waals surface area (Å²) in [6.07, 6.45) is 16.8. The maximum atomic E-state index is 11.7. The fraction of sp³-hybridized carbons (Fsp3) is 0.591. The molecule has 1 aromatic rings. The maximum Gasteiger partial charge on any atom is 0.305 e. The van der Waals surface area contributed by atoms with Crippen LogP contribution in [0.4, 0.5) is 0 Å². The van der Waals surface area contributed by atoms with Gasteiger partial charge >= 0.3 is 5.97 Å². The van der Waals surface area contributed by atoms with Crippen molar-refractivity contribution >= 4 is 5.97 Å². The highest BCUT2D eigenvalue weighted by Gasteiger charge is 2.02. The second kappa shape index (κ2) is 15.0. The van der Waals surface area contributed by atoms with Crippen LogP contribution in [0.3, 0.4) is 0 Å². The summed E-state index contributed by atoms with van der Waals surface area (Å²) in [5, 5.41) is 0. The lowest BCUT2D eigenvalue weighted by atomic mass is 10.1. The number of allylic oxidation sites excluding steroid dienone is 2. The summed E-state index contributed by atoms with van der Waals surface area (Å²) in [4.78, 5) is 11.7.